The standard InChI is InChI=1S/C16H17F2NO3/c1-3-10(2)19-16(20)15-7-5-12(22-15)9-21-14-6-4-11(17)8-13(14)18/h4-8,10H,3,9H2,1-2H3,(H,19,20). The summed E-state index contributed by atoms with van der Waals surface area (Å²) in [5.41, 5.74) is 0. The third-order valence-corrected chi connectivity index (χ3v) is 3.14. The summed E-state index contributed by atoms with van der Waals surface area (Å²) in [6.07, 6.45) is 0.812. The maximum absolute atomic E-state index is 13.4. The fraction of sp³-hybridized carbons (Fsp3) is 0.312. The second kappa shape index (κ2) is 7.06. The molecule has 1 N–H and O–H groups in total. The lowest BCUT2D eigenvalue weighted by atomic mass is 10.2. The number of hydrogen-bond donors (Lipinski definition) is 1. The molecular formula is C16H17F2NO3. The molecule has 1 atom stereocenters. The van der Waals surface area contributed by atoms with Crippen LogP contribution in [-0.4, -0.2) is 11.9 Å². The smallest absolute Gasteiger partial charge is 0.287 e. The first kappa shape index (κ1) is 16.0. The average Bonchev–Trinajstić information content (AvgIpc) is 2.95. The number of carbonyl (C=O) groups excluding carboxylic acids is 1. The molecule has 1 unspecified atom stereocenters. The van der Waals surface area contributed by atoms with Gasteiger partial charge in [0, 0.05) is 12.1 Å². The van der Waals surface area contributed by atoms with Crippen molar-refractivity contribution >= 4 is 5.91 Å². The van der Waals surface area contributed by atoms with Crippen molar-refractivity contribution < 1.29 is 22.7 Å². The van der Waals surface area contributed by atoms with Crippen LogP contribution < -0.4 is 10.1 Å². The van der Waals surface area contributed by atoms with Crippen molar-refractivity contribution in [3.05, 3.63) is 53.5 Å². The van der Waals surface area contributed by atoms with Crippen molar-refractivity contribution in [3.63, 3.8) is 0 Å². The zero-order valence-electron chi connectivity index (χ0n) is 12.4. The normalized spacial score (nSPS) is 12.0. The molecular weight excluding hydrogens is 292 g/mol. The van der Waals surface area contributed by atoms with Crippen LogP contribution in [-0.2, 0) is 6.61 Å². The minimum absolute atomic E-state index is 0.0469. The molecule has 118 valence electrons. The van der Waals surface area contributed by atoms with Crippen LogP contribution in [0.3, 0.4) is 0 Å². The molecule has 0 spiro atoms. The van der Waals surface area contributed by atoms with Crippen LogP contribution in [0.1, 0.15) is 36.6 Å². The van der Waals surface area contributed by atoms with Crippen molar-refractivity contribution in [2.75, 3.05) is 0 Å². The van der Waals surface area contributed by atoms with Gasteiger partial charge in [-0.05, 0) is 37.6 Å². The Balaban J connectivity index is 1.96. The van der Waals surface area contributed by atoms with E-state index in [1.165, 1.54) is 12.1 Å². The maximum atomic E-state index is 13.4. The molecule has 0 saturated carbocycles. The Labute approximate surface area is 127 Å². The summed E-state index contributed by atoms with van der Waals surface area (Å²) in [6, 6.07) is 6.19. The lowest BCUT2D eigenvalue weighted by Gasteiger charge is -2.09. The highest BCUT2D eigenvalue weighted by Crippen LogP contribution is 2.19. The molecule has 0 aliphatic carbocycles. The van der Waals surface area contributed by atoms with Crippen LogP contribution in [0.5, 0.6) is 5.75 Å². The van der Waals surface area contributed by atoms with E-state index in [2.05, 4.69) is 5.32 Å². The number of carbonyl (C=O) groups is 1. The lowest BCUT2D eigenvalue weighted by molar-refractivity contribution is 0.0907. The molecule has 1 aromatic heterocycles. The van der Waals surface area contributed by atoms with Gasteiger partial charge in [0.1, 0.15) is 18.2 Å². The first-order valence-corrected chi connectivity index (χ1v) is 6.97. The number of benzene rings is 1. The Morgan fingerprint density at radius 3 is 2.77 bits per heavy atom. The Kier molecular flexibility index (Phi) is 5.14. The van der Waals surface area contributed by atoms with Gasteiger partial charge >= 0.3 is 0 Å². The van der Waals surface area contributed by atoms with E-state index in [1.54, 1.807) is 6.07 Å². The third kappa shape index (κ3) is 4.07. The van der Waals surface area contributed by atoms with Crippen molar-refractivity contribution in [1.82, 2.24) is 5.32 Å². The second-order valence-corrected chi connectivity index (χ2v) is 4.91. The molecule has 0 saturated heterocycles. The fourth-order valence-electron chi connectivity index (χ4n) is 1.72. The van der Waals surface area contributed by atoms with Gasteiger partial charge in [-0.25, -0.2) is 8.78 Å². The van der Waals surface area contributed by atoms with Gasteiger partial charge in [0.25, 0.3) is 5.91 Å². The van der Waals surface area contributed by atoms with Gasteiger partial charge in [-0.15, -0.1) is 0 Å². The average molecular weight is 309 g/mol. The molecule has 2 aromatic rings. The molecule has 0 bridgehead atoms. The third-order valence-electron chi connectivity index (χ3n) is 3.14. The minimum Gasteiger partial charge on any atom is -0.483 e. The van der Waals surface area contributed by atoms with E-state index in [1.807, 2.05) is 13.8 Å². The largest absolute Gasteiger partial charge is 0.483 e. The highest BCUT2D eigenvalue weighted by atomic mass is 19.1. The predicted molar refractivity (Wildman–Crippen MR) is 76.6 cm³/mol. The summed E-state index contributed by atoms with van der Waals surface area (Å²) < 4.78 is 36.7. The van der Waals surface area contributed by atoms with Crippen LogP contribution in [0.25, 0.3) is 0 Å². The number of halogens is 2. The Morgan fingerprint density at radius 2 is 2.09 bits per heavy atom. The molecule has 0 aliphatic heterocycles. The van der Waals surface area contributed by atoms with Crippen LogP contribution in [0.4, 0.5) is 8.78 Å². The number of nitrogens with one attached hydrogen (secondary N) is 1. The van der Waals surface area contributed by atoms with E-state index < -0.39 is 11.6 Å². The molecule has 0 fully saturated rings. The molecule has 1 heterocycles. The number of amides is 1. The summed E-state index contributed by atoms with van der Waals surface area (Å²) in [5, 5.41) is 2.77. The van der Waals surface area contributed by atoms with Crippen LogP contribution in [0.15, 0.2) is 34.7 Å². The molecule has 1 aromatic carbocycles. The van der Waals surface area contributed by atoms with Crippen molar-refractivity contribution in [1.29, 1.82) is 0 Å². The van der Waals surface area contributed by atoms with Gasteiger partial charge < -0.3 is 14.5 Å². The van der Waals surface area contributed by atoms with Gasteiger partial charge in [-0.1, -0.05) is 6.92 Å². The molecule has 4 nitrogen and oxygen atoms in total. The Hall–Kier alpha value is -2.37. The molecule has 22 heavy (non-hydrogen) atoms. The monoisotopic (exact) mass is 309 g/mol. The van der Waals surface area contributed by atoms with Crippen LogP contribution in [0, 0.1) is 11.6 Å². The minimum atomic E-state index is -0.790. The SMILES string of the molecule is CCC(C)NC(=O)c1ccc(COc2ccc(F)cc2F)o1. The van der Waals surface area contributed by atoms with E-state index in [0.717, 1.165) is 18.6 Å². The first-order chi connectivity index (χ1) is 10.5. The van der Waals surface area contributed by atoms with Gasteiger partial charge in [-0.2, -0.15) is 0 Å². The van der Waals surface area contributed by atoms with E-state index in [4.69, 9.17) is 9.15 Å². The molecule has 0 radical (unpaired) electrons. The van der Waals surface area contributed by atoms with Gasteiger partial charge in [0.05, 0.1) is 0 Å². The summed E-state index contributed by atoms with van der Waals surface area (Å²) in [6.45, 7) is 3.80. The van der Waals surface area contributed by atoms with Crippen molar-refractivity contribution in [3.8, 4) is 5.75 Å². The topological polar surface area (TPSA) is 51.5 Å². The zero-order chi connectivity index (χ0) is 16.1. The summed E-state index contributed by atoms with van der Waals surface area (Å²) in [5.74, 6) is -1.32. The van der Waals surface area contributed by atoms with Gasteiger partial charge in [0.2, 0.25) is 0 Å². The first-order valence-electron chi connectivity index (χ1n) is 6.97. The van der Waals surface area contributed by atoms with E-state index in [9.17, 15) is 13.6 Å². The Morgan fingerprint density at radius 1 is 1.32 bits per heavy atom. The van der Waals surface area contributed by atoms with Crippen molar-refractivity contribution in [2.24, 2.45) is 0 Å². The second-order valence-electron chi connectivity index (χ2n) is 4.91. The van der Waals surface area contributed by atoms with Crippen molar-refractivity contribution in [2.45, 2.75) is 32.9 Å². The fourth-order valence-corrected chi connectivity index (χ4v) is 1.72. The summed E-state index contributed by atoms with van der Waals surface area (Å²) >= 11 is 0. The maximum Gasteiger partial charge on any atom is 0.287 e. The predicted octanol–water partition coefficient (Wildman–Crippen LogP) is 3.67. The lowest BCUT2D eigenvalue weighted by Crippen LogP contribution is -2.31. The molecule has 0 aliphatic rings. The van der Waals surface area contributed by atoms with Crippen LogP contribution in [0.2, 0.25) is 0 Å². The molecule has 6 heteroatoms. The quantitative estimate of drug-likeness (QED) is 0.886. The number of hydrogen-bond acceptors (Lipinski definition) is 3. The molecule has 1 amide bonds. The van der Waals surface area contributed by atoms with Crippen LogP contribution >= 0.6 is 0 Å². The Bertz CT molecular complexity index is 655. The number of rotatable bonds is 6. The molecule has 2 rings (SSSR count). The highest BCUT2D eigenvalue weighted by Gasteiger charge is 2.14. The summed E-state index contributed by atoms with van der Waals surface area (Å²) in [7, 11) is 0. The summed E-state index contributed by atoms with van der Waals surface area (Å²) in [4.78, 5) is 11.8. The van der Waals surface area contributed by atoms with E-state index in [0.29, 0.717) is 5.76 Å². The van der Waals surface area contributed by atoms with E-state index >= 15 is 0 Å². The number of ether oxygens (including phenoxy) is 1. The van der Waals surface area contributed by atoms with E-state index in [-0.39, 0.29) is 30.1 Å². The van der Waals surface area contributed by atoms with Gasteiger partial charge in [0.15, 0.2) is 17.3 Å². The zero-order valence-corrected chi connectivity index (χ0v) is 12.4. The van der Waals surface area contributed by atoms with Gasteiger partial charge in [-0.3, -0.25) is 4.79 Å². The number of furan rings is 1. The highest BCUT2D eigenvalue weighted by molar-refractivity contribution is 5.91.